The Hall–Kier alpha value is -2.34. The predicted octanol–water partition coefficient (Wildman–Crippen LogP) is 1.82. The van der Waals surface area contributed by atoms with Crippen LogP contribution in [0.1, 0.15) is 5.56 Å². The lowest BCUT2D eigenvalue weighted by Gasteiger charge is -2.09. The van der Waals surface area contributed by atoms with Crippen molar-refractivity contribution in [1.29, 1.82) is 0 Å². The lowest BCUT2D eigenvalue weighted by atomic mass is 10.2. The molecule has 0 radical (unpaired) electrons. The van der Waals surface area contributed by atoms with Crippen LogP contribution in [0.5, 0.6) is 5.75 Å². The zero-order valence-corrected chi connectivity index (χ0v) is 10.3. The number of benzene rings is 1. The SMILES string of the molecule is COc1ccc(Nc2cncc(NN)n2)cc1C. The number of hydrogen-bond acceptors (Lipinski definition) is 6. The second-order valence-corrected chi connectivity index (χ2v) is 3.74. The molecule has 1 heterocycles. The van der Waals surface area contributed by atoms with Gasteiger partial charge in [0.05, 0.1) is 19.5 Å². The Bertz CT molecular complexity index is 544. The van der Waals surface area contributed by atoms with Crippen LogP contribution in [0.4, 0.5) is 17.3 Å². The van der Waals surface area contributed by atoms with Gasteiger partial charge < -0.3 is 15.5 Å². The molecule has 18 heavy (non-hydrogen) atoms. The normalized spacial score (nSPS) is 9.94. The van der Waals surface area contributed by atoms with Crippen LogP contribution in [0.15, 0.2) is 30.6 Å². The molecule has 0 bridgehead atoms. The average Bonchev–Trinajstić information content (AvgIpc) is 2.39. The highest BCUT2D eigenvalue weighted by Crippen LogP contribution is 2.23. The molecular formula is C12H15N5O. The molecule has 4 N–H and O–H groups in total. The van der Waals surface area contributed by atoms with Gasteiger partial charge in [-0.05, 0) is 30.7 Å². The van der Waals surface area contributed by atoms with Crippen molar-refractivity contribution in [2.45, 2.75) is 6.92 Å². The molecule has 1 aromatic heterocycles. The maximum Gasteiger partial charge on any atom is 0.160 e. The quantitative estimate of drug-likeness (QED) is 0.563. The second-order valence-electron chi connectivity index (χ2n) is 3.74. The van der Waals surface area contributed by atoms with Gasteiger partial charge in [0, 0.05) is 5.69 Å². The third kappa shape index (κ3) is 2.67. The summed E-state index contributed by atoms with van der Waals surface area (Å²) in [6, 6.07) is 5.79. The molecule has 94 valence electrons. The minimum absolute atomic E-state index is 0.505. The molecule has 1 aromatic carbocycles. The maximum absolute atomic E-state index is 5.28. The molecule has 0 atom stereocenters. The molecule has 0 aliphatic carbocycles. The first-order valence-corrected chi connectivity index (χ1v) is 5.43. The summed E-state index contributed by atoms with van der Waals surface area (Å²) >= 11 is 0. The number of hydrogen-bond donors (Lipinski definition) is 3. The lowest BCUT2D eigenvalue weighted by Crippen LogP contribution is -2.09. The van der Waals surface area contributed by atoms with E-state index >= 15 is 0 Å². The first kappa shape index (κ1) is 12.1. The second kappa shape index (κ2) is 5.33. The van der Waals surface area contributed by atoms with Crippen LogP contribution in [-0.2, 0) is 0 Å². The smallest absolute Gasteiger partial charge is 0.160 e. The maximum atomic E-state index is 5.28. The van der Waals surface area contributed by atoms with Crippen LogP contribution in [-0.4, -0.2) is 17.1 Å². The monoisotopic (exact) mass is 245 g/mol. The predicted molar refractivity (Wildman–Crippen MR) is 70.9 cm³/mol. The number of hydrazine groups is 1. The van der Waals surface area contributed by atoms with Gasteiger partial charge >= 0.3 is 0 Å². The molecule has 0 unspecified atom stereocenters. The summed E-state index contributed by atoms with van der Waals surface area (Å²) in [5.74, 6) is 7.25. The number of rotatable bonds is 4. The zero-order valence-electron chi connectivity index (χ0n) is 10.3. The van der Waals surface area contributed by atoms with Gasteiger partial charge in [-0.1, -0.05) is 0 Å². The zero-order chi connectivity index (χ0) is 13.0. The van der Waals surface area contributed by atoms with Crippen LogP contribution < -0.4 is 21.3 Å². The molecule has 0 spiro atoms. The van der Waals surface area contributed by atoms with Crippen LogP contribution in [0, 0.1) is 6.92 Å². The van der Waals surface area contributed by atoms with Crippen LogP contribution in [0.25, 0.3) is 0 Å². The van der Waals surface area contributed by atoms with Crippen molar-refractivity contribution < 1.29 is 4.74 Å². The number of ether oxygens (including phenoxy) is 1. The molecule has 6 nitrogen and oxygen atoms in total. The summed E-state index contributed by atoms with van der Waals surface area (Å²) in [4.78, 5) is 8.23. The number of nitrogens with one attached hydrogen (secondary N) is 2. The van der Waals surface area contributed by atoms with Crippen molar-refractivity contribution in [2.24, 2.45) is 5.84 Å². The summed E-state index contributed by atoms with van der Waals surface area (Å²) in [5.41, 5.74) is 4.41. The van der Waals surface area contributed by atoms with Crippen LogP contribution in [0.2, 0.25) is 0 Å². The van der Waals surface area contributed by atoms with E-state index in [9.17, 15) is 0 Å². The van der Waals surface area contributed by atoms with Gasteiger partial charge in [-0.15, -0.1) is 0 Å². The highest BCUT2D eigenvalue weighted by molar-refractivity contribution is 5.59. The molecule has 0 saturated carbocycles. The Morgan fingerprint density at radius 2 is 2.00 bits per heavy atom. The van der Waals surface area contributed by atoms with Gasteiger partial charge in [0.1, 0.15) is 5.75 Å². The fourth-order valence-corrected chi connectivity index (χ4v) is 1.60. The van der Waals surface area contributed by atoms with E-state index in [1.54, 1.807) is 19.5 Å². The Balaban J connectivity index is 2.20. The fraction of sp³-hybridized carbons (Fsp3) is 0.167. The summed E-state index contributed by atoms with van der Waals surface area (Å²) in [5, 5.41) is 3.15. The average molecular weight is 245 g/mol. The van der Waals surface area contributed by atoms with Gasteiger partial charge in [-0.3, -0.25) is 4.98 Å². The molecule has 0 aliphatic rings. The third-order valence-electron chi connectivity index (χ3n) is 2.45. The third-order valence-corrected chi connectivity index (χ3v) is 2.45. The Kier molecular flexibility index (Phi) is 3.59. The first-order chi connectivity index (χ1) is 8.72. The van der Waals surface area contributed by atoms with E-state index in [-0.39, 0.29) is 0 Å². The molecule has 0 aliphatic heterocycles. The van der Waals surface area contributed by atoms with Crippen molar-refractivity contribution in [3.63, 3.8) is 0 Å². The van der Waals surface area contributed by atoms with E-state index in [1.807, 2.05) is 25.1 Å². The molecule has 0 fully saturated rings. The lowest BCUT2D eigenvalue weighted by molar-refractivity contribution is 0.412. The summed E-state index contributed by atoms with van der Waals surface area (Å²) < 4.78 is 5.20. The number of aryl methyl sites for hydroxylation is 1. The summed E-state index contributed by atoms with van der Waals surface area (Å²) in [7, 11) is 1.65. The minimum Gasteiger partial charge on any atom is -0.496 e. The molecule has 0 amide bonds. The van der Waals surface area contributed by atoms with E-state index < -0.39 is 0 Å². The first-order valence-electron chi connectivity index (χ1n) is 5.43. The highest BCUT2D eigenvalue weighted by atomic mass is 16.5. The highest BCUT2D eigenvalue weighted by Gasteiger charge is 2.02. The Morgan fingerprint density at radius 3 is 2.67 bits per heavy atom. The van der Waals surface area contributed by atoms with E-state index in [0.717, 1.165) is 17.0 Å². The van der Waals surface area contributed by atoms with Crippen molar-refractivity contribution in [2.75, 3.05) is 17.9 Å². The van der Waals surface area contributed by atoms with Gasteiger partial charge in [-0.2, -0.15) is 0 Å². The number of aromatic nitrogens is 2. The Labute approximate surface area is 105 Å². The van der Waals surface area contributed by atoms with Gasteiger partial charge in [0.15, 0.2) is 11.6 Å². The van der Waals surface area contributed by atoms with Gasteiger partial charge in [0.25, 0.3) is 0 Å². The number of methoxy groups -OCH3 is 1. The molecule has 2 rings (SSSR count). The van der Waals surface area contributed by atoms with E-state index in [2.05, 4.69) is 20.7 Å². The summed E-state index contributed by atoms with van der Waals surface area (Å²) in [6.45, 7) is 1.98. The molecule has 0 saturated heterocycles. The largest absolute Gasteiger partial charge is 0.496 e. The van der Waals surface area contributed by atoms with Gasteiger partial charge in [-0.25, -0.2) is 10.8 Å². The summed E-state index contributed by atoms with van der Waals surface area (Å²) in [6.07, 6.45) is 3.17. The Morgan fingerprint density at radius 1 is 1.22 bits per heavy atom. The topological polar surface area (TPSA) is 85.1 Å². The number of nitrogens with zero attached hydrogens (tertiary/aromatic N) is 2. The van der Waals surface area contributed by atoms with Crippen molar-refractivity contribution in [1.82, 2.24) is 9.97 Å². The minimum atomic E-state index is 0.505. The van der Waals surface area contributed by atoms with Crippen molar-refractivity contribution in [3.05, 3.63) is 36.2 Å². The number of nitrogen functional groups attached to an aromatic ring is 1. The van der Waals surface area contributed by atoms with Crippen molar-refractivity contribution >= 4 is 17.3 Å². The molecular weight excluding hydrogens is 230 g/mol. The van der Waals surface area contributed by atoms with Crippen LogP contribution in [0.3, 0.4) is 0 Å². The van der Waals surface area contributed by atoms with Crippen molar-refractivity contribution in [3.8, 4) is 5.75 Å². The van der Waals surface area contributed by atoms with E-state index in [4.69, 9.17) is 10.6 Å². The van der Waals surface area contributed by atoms with E-state index in [1.165, 1.54) is 0 Å². The molecule has 6 heteroatoms. The number of anilines is 3. The fourth-order valence-electron chi connectivity index (χ4n) is 1.60. The van der Waals surface area contributed by atoms with Gasteiger partial charge in [0.2, 0.25) is 0 Å². The number of nitrogens with two attached hydrogens (primary N) is 1. The van der Waals surface area contributed by atoms with E-state index in [0.29, 0.717) is 11.6 Å². The molecule has 2 aromatic rings. The van der Waals surface area contributed by atoms with Crippen LogP contribution >= 0.6 is 0 Å². The standard InChI is InChI=1S/C12H15N5O/c1-8-5-9(3-4-10(8)18-2)15-11-6-14-7-12(16-11)17-13/h3-7H,13H2,1-2H3,(H2,15,16,17).